The number of anilines is 1. The topological polar surface area (TPSA) is 170 Å². The van der Waals surface area contributed by atoms with Crippen molar-refractivity contribution in [3.63, 3.8) is 0 Å². The van der Waals surface area contributed by atoms with Crippen molar-refractivity contribution in [1.29, 1.82) is 0 Å². The van der Waals surface area contributed by atoms with Gasteiger partial charge in [0.1, 0.15) is 5.75 Å². The molecular weight excluding hydrogens is 516 g/mol. The molecule has 0 radical (unpaired) electrons. The van der Waals surface area contributed by atoms with E-state index in [0.717, 1.165) is 31.4 Å². The first-order chi connectivity index (χ1) is 18.8. The van der Waals surface area contributed by atoms with E-state index in [1.54, 1.807) is 14.1 Å². The number of hydrogen-bond acceptors (Lipinski definition) is 10. The van der Waals surface area contributed by atoms with Crippen LogP contribution in [0.4, 0.5) is 5.69 Å². The Hall–Kier alpha value is -3.15. The average Bonchev–Trinajstić information content (AvgIpc) is 3.39. The summed E-state index contributed by atoms with van der Waals surface area (Å²) in [5.74, 6) is -10.3. The van der Waals surface area contributed by atoms with E-state index in [9.17, 15) is 34.2 Å². The number of rotatable bonds is 6. The standard InChI is InChI=1S/C29H38N4O7/c1-32(2)18-11-14(12-31-15-7-5-6-8-15)23(34)20-16(18)9-13-10-17-22(33(3)4)25(36)21(28(30)39)27(38)29(17,40)26(37)19(13)24(20)35/h11,13,15,17,19,21-22,31,34,40H,5-10,12H2,1-4H3,(H2,30,39)/t13-,17-,19?,21?,22?,29-/m0/s1. The van der Waals surface area contributed by atoms with Gasteiger partial charge >= 0.3 is 0 Å². The Morgan fingerprint density at radius 2 is 1.75 bits per heavy atom. The number of aliphatic hydroxyl groups is 1. The smallest absolute Gasteiger partial charge is 0.235 e. The number of nitrogens with two attached hydrogens (primary N) is 1. The number of fused-ring (bicyclic) bond motifs is 3. The number of ketones is 4. The van der Waals surface area contributed by atoms with Gasteiger partial charge in [0, 0.05) is 43.9 Å². The van der Waals surface area contributed by atoms with Crippen molar-refractivity contribution < 1.29 is 34.2 Å². The maximum absolute atomic E-state index is 14.1. The summed E-state index contributed by atoms with van der Waals surface area (Å²) in [7, 11) is 6.81. The highest BCUT2D eigenvalue weighted by Gasteiger charge is 2.69. The molecule has 0 heterocycles. The Morgan fingerprint density at radius 3 is 2.33 bits per heavy atom. The molecule has 1 aromatic carbocycles. The number of primary amides is 1. The van der Waals surface area contributed by atoms with Gasteiger partial charge < -0.3 is 26.2 Å². The van der Waals surface area contributed by atoms with Crippen LogP contribution in [0.5, 0.6) is 5.75 Å². The molecule has 40 heavy (non-hydrogen) atoms. The van der Waals surface area contributed by atoms with Crippen molar-refractivity contribution in [2.75, 3.05) is 33.1 Å². The zero-order valence-electron chi connectivity index (χ0n) is 23.4. The minimum absolute atomic E-state index is 0.0287. The number of phenols is 1. The van der Waals surface area contributed by atoms with Gasteiger partial charge in [0.15, 0.2) is 34.7 Å². The molecule has 0 saturated heterocycles. The third-order valence-electron chi connectivity index (χ3n) is 9.53. The molecule has 3 fully saturated rings. The largest absolute Gasteiger partial charge is 0.507 e. The molecule has 11 heteroatoms. The minimum Gasteiger partial charge on any atom is -0.507 e. The number of carbonyl (C=O) groups is 5. The summed E-state index contributed by atoms with van der Waals surface area (Å²) in [6, 6.07) is 1.07. The number of likely N-dealkylation sites (N-methyl/N-ethyl adjacent to an activating group) is 1. The minimum atomic E-state index is -2.72. The molecule has 6 atom stereocenters. The van der Waals surface area contributed by atoms with Crippen molar-refractivity contribution in [2.24, 2.45) is 29.4 Å². The Bertz CT molecular complexity index is 1300. The lowest BCUT2D eigenvalue weighted by atomic mass is 9.52. The molecule has 5 rings (SSSR count). The van der Waals surface area contributed by atoms with Crippen LogP contribution in [0.2, 0.25) is 0 Å². The Labute approximate surface area is 233 Å². The van der Waals surface area contributed by atoms with Gasteiger partial charge in [0.05, 0.1) is 17.5 Å². The van der Waals surface area contributed by atoms with Crippen LogP contribution < -0.4 is 16.0 Å². The van der Waals surface area contributed by atoms with Crippen molar-refractivity contribution in [3.8, 4) is 5.75 Å². The number of phenolic OH excluding ortho intramolecular Hbond substituents is 1. The maximum Gasteiger partial charge on any atom is 0.235 e. The number of hydrogen-bond donors (Lipinski definition) is 4. The van der Waals surface area contributed by atoms with E-state index in [1.807, 2.05) is 25.1 Å². The molecule has 1 amide bonds. The van der Waals surface area contributed by atoms with Crippen molar-refractivity contribution in [3.05, 3.63) is 22.8 Å². The van der Waals surface area contributed by atoms with Crippen LogP contribution >= 0.6 is 0 Å². The van der Waals surface area contributed by atoms with Gasteiger partial charge in [0.25, 0.3) is 0 Å². The van der Waals surface area contributed by atoms with E-state index in [0.29, 0.717) is 23.7 Å². The van der Waals surface area contributed by atoms with Gasteiger partial charge in [-0.25, -0.2) is 0 Å². The van der Waals surface area contributed by atoms with Crippen LogP contribution in [0.25, 0.3) is 0 Å². The van der Waals surface area contributed by atoms with E-state index in [4.69, 9.17) is 5.73 Å². The normalized spacial score (nSPS) is 32.2. The molecule has 4 aliphatic rings. The summed E-state index contributed by atoms with van der Waals surface area (Å²) in [5, 5.41) is 26.5. The second-order valence-corrected chi connectivity index (χ2v) is 12.3. The number of Topliss-reactive ketones (excluding diaryl/α,β-unsaturated/α-hetero) is 4. The lowest BCUT2D eigenvalue weighted by molar-refractivity contribution is -0.181. The maximum atomic E-state index is 14.1. The van der Waals surface area contributed by atoms with Crippen LogP contribution in [-0.4, -0.2) is 90.0 Å². The van der Waals surface area contributed by atoms with Crippen molar-refractivity contribution >= 4 is 34.7 Å². The monoisotopic (exact) mass is 554 g/mol. The van der Waals surface area contributed by atoms with E-state index < -0.39 is 64.4 Å². The highest BCUT2D eigenvalue weighted by atomic mass is 16.3. The fourth-order valence-corrected chi connectivity index (χ4v) is 7.62. The van der Waals surface area contributed by atoms with Crippen LogP contribution in [-0.2, 0) is 32.1 Å². The van der Waals surface area contributed by atoms with Crippen LogP contribution in [0.3, 0.4) is 0 Å². The van der Waals surface area contributed by atoms with Gasteiger partial charge in [0.2, 0.25) is 5.91 Å². The molecule has 0 aliphatic heterocycles. The van der Waals surface area contributed by atoms with E-state index in [2.05, 4.69) is 5.32 Å². The predicted molar refractivity (Wildman–Crippen MR) is 145 cm³/mol. The summed E-state index contributed by atoms with van der Waals surface area (Å²) in [4.78, 5) is 70.2. The first kappa shape index (κ1) is 28.4. The van der Waals surface area contributed by atoms with E-state index >= 15 is 0 Å². The van der Waals surface area contributed by atoms with Gasteiger partial charge in [-0.15, -0.1) is 0 Å². The Kier molecular flexibility index (Phi) is 7.12. The number of carbonyl (C=O) groups excluding carboxylic acids is 5. The van der Waals surface area contributed by atoms with Crippen molar-refractivity contribution in [1.82, 2.24) is 10.2 Å². The molecule has 11 nitrogen and oxygen atoms in total. The number of aromatic hydroxyl groups is 1. The van der Waals surface area contributed by atoms with Crippen molar-refractivity contribution in [2.45, 2.75) is 62.8 Å². The molecule has 216 valence electrons. The fourth-order valence-electron chi connectivity index (χ4n) is 7.62. The van der Waals surface area contributed by atoms with Gasteiger partial charge in [-0.2, -0.15) is 0 Å². The van der Waals surface area contributed by atoms with E-state index in [1.165, 1.54) is 4.90 Å². The van der Waals surface area contributed by atoms with Gasteiger partial charge in [-0.05, 0) is 57.3 Å². The highest BCUT2D eigenvalue weighted by molar-refractivity contribution is 6.32. The quantitative estimate of drug-likeness (QED) is 0.350. The summed E-state index contributed by atoms with van der Waals surface area (Å²) in [6.45, 7) is 0.345. The zero-order chi connectivity index (χ0) is 29.3. The van der Waals surface area contributed by atoms with E-state index in [-0.39, 0.29) is 24.2 Å². The number of nitrogens with one attached hydrogen (secondary N) is 1. The fraction of sp³-hybridized carbons (Fsp3) is 0.621. The van der Waals surface area contributed by atoms with Crippen LogP contribution in [0, 0.1) is 23.7 Å². The first-order valence-electron chi connectivity index (χ1n) is 13.9. The predicted octanol–water partition coefficient (Wildman–Crippen LogP) is -0.0348. The Balaban J connectivity index is 1.59. The molecular formula is C29H38N4O7. The SMILES string of the molecule is CN(C)c1cc(CNC2CCCC2)c(O)c2c1C[C@H]1C[C@H]3C(N(C)C)C(=O)C(C(N)=O)C(=O)[C@@]3(O)C(=O)C1C2=O. The molecule has 0 aromatic heterocycles. The summed E-state index contributed by atoms with van der Waals surface area (Å²) in [6.07, 6.45) is 4.63. The first-order valence-corrected chi connectivity index (χ1v) is 13.9. The summed E-state index contributed by atoms with van der Waals surface area (Å²) >= 11 is 0. The third kappa shape index (κ3) is 4.09. The lowest BCUT2D eigenvalue weighted by Crippen LogP contribution is -2.74. The number of benzene rings is 1. The summed E-state index contributed by atoms with van der Waals surface area (Å²) < 4.78 is 0. The number of amides is 1. The molecule has 1 aromatic rings. The second kappa shape index (κ2) is 10.0. The molecule has 3 unspecified atom stereocenters. The third-order valence-corrected chi connectivity index (χ3v) is 9.53. The Morgan fingerprint density at radius 1 is 1.10 bits per heavy atom. The zero-order valence-corrected chi connectivity index (χ0v) is 23.4. The molecule has 4 aliphatic carbocycles. The highest BCUT2D eigenvalue weighted by Crippen LogP contribution is 2.52. The van der Waals surface area contributed by atoms with Gasteiger partial charge in [-0.1, -0.05) is 12.8 Å². The molecule has 5 N–H and O–H groups in total. The van der Waals surface area contributed by atoms with Crippen LogP contribution in [0.1, 0.15) is 53.6 Å². The molecule has 0 spiro atoms. The number of nitrogens with zero attached hydrogens (tertiary/aromatic N) is 2. The lowest BCUT2D eigenvalue weighted by Gasteiger charge is -2.52. The molecule has 0 bridgehead atoms. The second-order valence-electron chi connectivity index (χ2n) is 12.3. The van der Waals surface area contributed by atoms with Gasteiger partial charge in [-0.3, -0.25) is 28.9 Å². The molecule has 3 saturated carbocycles. The average molecular weight is 555 g/mol. The van der Waals surface area contributed by atoms with Crippen LogP contribution in [0.15, 0.2) is 6.07 Å². The summed E-state index contributed by atoms with van der Waals surface area (Å²) in [5.41, 5.74) is 4.56.